The molecule has 0 atom stereocenters. The lowest BCUT2D eigenvalue weighted by molar-refractivity contribution is 0.284. The molecule has 0 aliphatic rings. The van der Waals surface area contributed by atoms with Crippen molar-refractivity contribution >= 4 is 12.0 Å². The first-order chi connectivity index (χ1) is 14.3. The maximum Gasteiger partial charge on any atom is 0.363 e. The number of rotatable bonds is 7. The predicted molar refractivity (Wildman–Crippen MR) is 116 cm³/mol. The summed E-state index contributed by atoms with van der Waals surface area (Å²) in [5.41, 5.74) is 5.38. The van der Waals surface area contributed by atoms with Gasteiger partial charge in [-0.1, -0.05) is 45.0 Å². The van der Waals surface area contributed by atoms with Crippen molar-refractivity contribution in [3.05, 3.63) is 75.8 Å². The van der Waals surface area contributed by atoms with Crippen LogP contribution in [0.1, 0.15) is 37.5 Å². The van der Waals surface area contributed by atoms with E-state index in [1.807, 2.05) is 18.2 Å². The van der Waals surface area contributed by atoms with E-state index >= 15 is 0 Å². The fourth-order valence-electron chi connectivity index (χ4n) is 2.68. The van der Waals surface area contributed by atoms with E-state index in [4.69, 9.17) is 9.47 Å². The number of H-pyrrole nitrogens is 1. The molecule has 1 aromatic heterocycles. The summed E-state index contributed by atoms with van der Waals surface area (Å²) in [7, 11) is 1.59. The second-order valence-electron chi connectivity index (χ2n) is 7.69. The van der Waals surface area contributed by atoms with Crippen molar-refractivity contribution in [3.63, 3.8) is 0 Å². The zero-order chi connectivity index (χ0) is 21.6. The van der Waals surface area contributed by atoms with Gasteiger partial charge in [-0.3, -0.25) is 5.43 Å². The van der Waals surface area contributed by atoms with Crippen LogP contribution in [-0.2, 0) is 12.0 Å². The molecule has 0 amide bonds. The summed E-state index contributed by atoms with van der Waals surface area (Å²) in [6, 6.07) is 13.9. The van der Waals surface area contributed by atoms with Crippen LogP contribution in [0.15, 0.2) is 58.6 Å². The predicted octanol–water partition coefficient (Wildman–Crippen LogP) is 3.50. The summed E-state index contributed by atoms with van der Waals surface area (Å²) in [6.45, 7) is 7.01. The van der Waals surface area contributed by atoms with E-state index in [-0.39, 0.29) is 11.2 Å². The number of nitrogens with one attached hydrogen (secondary N) is 2. The van der Waals surface area contributed by atoms with Crippen LogP contribution in [0, 0.1) is 0 Å². The van der Waals surface area contributed by atoms with E-state index < -0.39 is 5.69 Å². The zero-order valence-electron chi connectivity index (χ0n) is 17.5. The van der Waals surface area contributed by atoms with E-state index in [2.05, 4.69) is 70.7 Å². The Labute approximate surface area is 175 Å². The molecule has 156 valence electrons. The zero-order valence-corrected chi connectivity index (χ0v) is 17.5. The van der Waals surface area contributed by atoms with Crippen molar-refractivity contribution in [2.75, 3.05) is 12.5 Å². The third-order valence-electron chi connectivity index (χ3n) is 4.36. The van der Waals surface area contributed by atoms with Gasteiger partial charge in [-0.05, 0) is 40.3 Å². The molecule has 3 rings (SSSR count). The normalized spacial score (nSPS) is 11.5. The smallest absolute Gasteiger partial charge is 0.363 e. The van der Waals surface area contributed by atoms with E-state index in [1.54, 1.807) is 13.3 Å². The van der Waals surface area contributed by atoms with Crippen LogP contribution in [0.5, 0.6) is 11.5 Å². The summed E-state index contributed by atoms with van der Waals surface area (Å²) < 4.78 is 11.4. The highest BCUT2D eigenvalue weighted by Gasteiger charge is 2.13. The minimum Gasteiger partial charge on any atom is -0.493 e. The fraction of sp³-hybridized carbons (Fsp3) is 0.273. The topological polar surface area (TPSA) is 101 Å². The highest BCUT2D eigenvalue weighted by atomic mass is 16.5. The largest absolute Gasteiger partial charge is 0.493 e. The third-order valence-corrected chi connectivity index (χ3v) is 4.36. The average molecular weight is 407 g/mol. The minimum absolute atomic E-state index is 0.123. The molecule has 1 heterocycles. The molecule has 0 saturated heterocycles. The summed E-state index contributed by atoms with van der Waals surface area (Å²) in [5.74, 6) is 1.49. The highest BCUT2D eigenvalue weighted by molar-refractivity contribution is 5.81. The van der Waals surface area contributed by atoms with Gasteiger partial charge in [0.25, 0.3) is 0 Å². The summed E-state index contributed by atoms with van der Waals surface area (Å²) in [5, 5.41) is 9.89. The standard InChI is InChI=1S/C22H25N5O3/c1-22(2,3)17-8-5-15(6-9-17)14-30-18-10-7-16(11-19(18)29-4)12-23-26-20-13-24-27-21(28)25-20/h5-13H,14H2,1-4H3,(H2,25,26,27,28)/b23-12-. The quantitative estimate of drug-likeness (QED) is 0.459. The molecule has 0 unspecified atom stereocenters. The maximum absolute atomic E-state index is 11.1. The first kappa shape index (κ1) is 21.0. The van der Waals surface area contributed by atoms with Gasteiger partial charge in [-0.25, -0.2) is 9.89 Å². The molecule has 0 aliphatic carbocycles. The molecule has 0 bridgehead atoms. The van der Waals surface area contributed by atoms with Crippen LogP contribution in [0.3, 0.4) is 0 Å². The van der Waals surface area contributed by atoms with Gasteiger partial charge in [0.1, 0.15) is 6.61 Å². The Balaban J connectivity index is 1.63. The molecule has 30 heavy (non-hydrogen) atoms. The van der Waals surface area contributed by atoms with Crippen LogP contribution < -0.4 is 20.6 Å². The number of aromatic amines is 1. The van der Waals surface area contributed by atoms with Crippen molar-refractivity contribution in [2.45, 2.75) is 32.8 Å². The Hall–Kier alpha value is -3.68. The number of hydrogen-bond acceptors (Lipinski definition) is 7. The average Bonchev–Trinajstić information content (AvgIpc) is 2.72. The summed E-state index contributed by atoms with van der Waals surface area (Å²) in [6.07, 6.45) is 2.95. The van der Waals surface area contributed by atoms with E-state index in [0.29, 0.717) is 18.1 Å². The molecule has 0 spiro atoms. The number of anilines is 1. The molecule has 2 N–H and O–H groups in total. The maximum atomic E-state index is 11.1. The van der Waals surface area contributed by atoms with Crippen molar-refractivity contribution in [2.24, 2.45) is 5.10 Å². The second-order valence-corrected chi connectivity index (χ2v) is 7.69. The number of hydrazone groups is 1. The van der Waals surface area contributed by atoms with Crippen LogP contribution >= 0.6 is 0 Å². The Morgan fingerprint density at radius 1 is 1.13 bits per heavy atom. The van der Waals surface area contributed by atoms with Gasteiger partial charge in [-0.15, -0.1) is 0 Å². The second kappa shape index (κ2) is 9.21. The fourth-order valence-corrected chi connectivity index (χ4v) is 2.68. The first-order valence-electron chi connectivity index (χ1n) is 9.46. The van der Waals surface area contributed by atoms with Crippen molar-refractivity contribution in [1.82, 2.24) is 15.2 Å². The number of hydrogen-bond donors (Lipinski definition) is 2. The molecule has 2 aromatic carbocycles. The van der Waals surface area contributed by atoms with Crippen molar-refractivity contribution in [3.8, 4) is 11.5 Å². The van der Waals surface area contributed by atoms with Gasteiger partial charge in [0.2, 0.25) is 0 Å². The van der Waals surface area contributed by atoms with Crippen LogP contribution in [0.2, 0.25) is 0 Å². The summed E-state index contributed by atoms with van der Waals surface area (Å²) >= 11 is 0. The molecule has 8 heteroatoms. The van der Waals surface area contributed by atoms with Gasteiger partial charge in [0.05, 0.1) is 19.5 Å². The highest BCUT2D eigenvalue weighted by Crippen LogP contribution is 2.29. The van der Waals surface area contributed by atoms with E-state index in [9.17, 15) is 4.79 Å². The number of methoxy groups -OCH3 is 1. The monoisotopic (exact) mass is 407 g/mol. The van der Waals surface area contributed by atoms with Crippen LogP contribution in [0.4, 0.5) is 5.82 Å². The van der Waals surface area contributed by atoms with Crippen molar-refractivity contribution in [1.29, 1.82) is 0 Å². The lowest BCUT2D eigenvalue weighted by atomic mass is 9.87. The number of benzene rings is 2. The van der Waals surface area contributed by atoms with Gasteiger partial charge in [-0.2, -0.15) is 15.2 Å². The van der Waals surface area contributed by atoms with E-state index in [0.717, 1.165) is 11.1 Å². The van der Waals surface area contributed by atoms with Gasteiger partial charge in [0, 0.05) is 0 Å². The Morgan fingerprint density at radius 3 is 2.57 bits per heavy atom. The Bertz CT molecular complexity index is 1070. The lowest BCUT2D eigenvalue weighted by Gasteiger charge is -2.19. The van der Waals surface area contributed by atoms with Gasteiger partial charge >= 0.3 is 5.69 Å². The van der Waals surface area contributed by atoms with Crippen molar-refractivity contribution < 1.29 is 9.47 Å². The van der Waals surface area contributed by atoms with Gasteiger partial charge in [0.15, 0.2) is 17.3 Å². The molecule has 0 radical (unpaired) electrons. The number of aromatic nitrogens is 3. The van der Waals surface area contributed by atoms with E-state index in [1.165, 1.54) is 11.8 Å². The number of ether oxygens (including phenoxy) is 2. The SMILES string of the molecule is COc1cc(/C=N\Nc2cn[nH]c(=O)n2)ccc1OCc1ccc(C(C)(C)C)cc1. The molecule has 0 aliphatic heterocycles. The third kappa shape index (κ3) is 5.66. The lowest BCUT2D eigenvalue weighted by Crippen LogP contribution is -2.13. The Kier molecular flexibility index (Phi) is 6.46. The summed E-state index contributed by atoms with van der Waals surface area (Å²) in [4.78, 5) is 14.8. The molecule has 0 fully saturated rings. The molecule has 0 saturated carbocycles. The van der Waals surface area contributed by atoms with Gasteiger partial charge < -0.3 is 9.47 Å². The molecular weight excluding hydrogens is 382 g/mol. The Morgan fingerprint density at radius 2 is 1.90 bits per heavy atom. The molecule has 8 nitrogen and oxygen atoms in total. The van der Waals surface area contributed by atoms with Crippen LogP contribution in [0.25, 0.3) is 0 Å². The minimum atomic E-state index is -0.550. The van der Waals surface area contributed by atoms with Crippen LogP contribution in [-0.4, -0.2) is 28.5 Å². The molecule has 3 aromatic rings. The number of nitrogens with zero attached hydrogens (tertiary/aromatic N) is 3. The first-order valence-corrected chi connectivity index (χ1v) is 9.46. The molecular formula is C22H25N5O3.